The van der Waals surface area contributed by atoms with Crippen LogP contribution in [0.2, 0.25) is 0 Å². The first kappa shape index (κ1) is 31.2. The number of anilines is 1. The van der Waals surface area contributed by atoms with Gasteiger partial charge >= 0.3 is 15.6 Å². The van der Waals surface area contributed by atoms with Crippen molar-refractivity contribution in [3.05, 3.63) is 12.7 Å². The Morgan fingerprint density at radius 3 is 2.35 bits per heavy atom. The van der Waals surface area contributed by atoms with Crippen molar-refractivity contribution in [1.29, 1.82) is 0 Å². The number of imidazole rings is 1. The van der Waals surface area contributed by atoms with Gasteiger partial charge in [0, 0.05) is 0 Å². The third-order valence-corrected chi connectivity index (χ3v) is 8.62. The maximum Gasteiger partial charge on any atom is 0.483 e. The molecule has 2 fully saturated rings. The van der Waals surface area contributed by atoms with E-state index in [0.717, 1.165) is 6.33 Å². The van der Waals surface area contributed by atoms with Crippen LogP contribution >= 0.6 is 15.6 Å². The van der Waals surface area contributed by atoms with Gasteiger partial charge in [0.15, 0.2) is 24.0 Å². The van der Waals surface area contributed by atoms with Crippen LogP contribution in [-0.2, 0) is 32.0 Å². The lowest BCUT2D eigenvalue weighted by molar-refractivity contribution is -0.292. The first-order valence-electron chi connectivity index (χ1n) is 11.3. The molecule has 0 saturated carbocycles. The fraction of sp³-hybridized carbons (Fsp3) is 0.706. The molecule has 2 aromatic rings. The molecular weight excluding hydrogens is 592 g/mol. The molecule has 0 aliphatic carbocycles. The number of hydrogen-bond acceptors (Lipinski definition) is 18. The zero-order valence-corrected chi connectivity index (χ0v) is 21.8. The number of nitrogen functional groups attached to an aromatic ring is 1. The molecule has 4 heterocycles. The third kappa shape index (κ3) is 6.35. The summed E-state index contributed by atoms with van der Waals surface area (Å²) in [6.07, 6.45) is -16.0. The van der Waals surface area contributed by atoms with E-state index >= 15 is 0 Å². The first-order chi connectivity index (χ1) is 18.7. The Bertz CT molecular complexity index is 1290. The zero-order chi connectivity index (χ0) is 29.6. The molecule has 11 N–H and O–H groups in total. The average Bonchev–Trinajstić information content (AvgIpc) is 3.43. The van der Waals surface area contributed by atoms with Crippen molar-refractivity contribution in [2.45, 2.75) is 61.3 Å². The minimum Gasteiger partial charge on any atom is -0.394 e. The van der Waals surface area contributed by atoms with E-state index in [1.54, 1.807) is 0 Å². The monoisotopic (exact) mass is 619 g/mol. The lowest BCUT2D eigenvalue weighted by Crippen LogP contribution is -2.61. The second-order valence-electron chi connectivity index (χ2n) is 8.74. The summed E-state index contributed by atoms with van der Waals surface area (Å²) in [6, 6.07) is 0. The molecule has 0 amide bonds. The van der Waals surface area contributed by atoms with Crippen molar-refractivity contribution >= 4 is 32.6 Å². The summed E-state index contributed by atoms with van der Waals surface area (Å²) in [4.78, 5) is 31.6. The molecule has 226 valence electrons. The number of nitrogens with two attached hydrogens (primary N) is 1. The lowest BCUT2D eigenvalue weighted by Gasteiger charge is -2.41. The van der Waals surface area contributed by atoms with Gasteiger partial charge in [-0.05, 0) is 0 Å². The molecule has 23 heteroatoms. The second-order valence-corrected chi connectivity index (χ2v) is 11.7. The predicted molar refractivity (Wildman–Crippen MR) is 123 cm³/mol. The number of ether oxygens (including phenoxy) is 2. The van der Waals surface area contributed by atoms with Gasteiger partial charge in [0.1, 0.15) is 60.7 Å². The quantitative estimate of drug-likeness (QED) is 0.112. The molecule has 4 rings (SSSR count). The molecule has 2 unspecified atom stereocenters. The van der Waals surface area contributed by atoms with Crippen LogP contribution in [0.15, 0.2) is 12.7 Å². The van der Waals surface area contributed by atoms with Crippen molar-refractivity contribution in [2.24, 2.45) is 0 Å². The van der Waals surface area contributed by atoms with Crippen LogP contribution in [0.5, 0.6) is 0 Å². The van der Waals surface area contributed by atoms with Gasteiger partial charge in [0.2, 0.25) is 0 Å². The Labute approximate surface area is 223 Å². The smallest absolute Gasteiger partial charge is 0.394 e. The number of rotatable bonds is 10. The number of phosphoric ester groups is 2. The summed E-state index contributed by atoms with van der Waals surface area (Å²) in [7, 11) is -11.2. The molecule has 2 aliphatic heterocycles. The largest absolute Gasteiger partial charge is 0.483 e. The molecule has 40 heavy (non-hydrogen) atoms. The molecule has 21 nitrogen and oxygen atoms in total. The standard InChI is InChI=1S/C17H27N5O16P2/c18-14-7-15(20-3-19-14)22(4-21-7)16-11(28)8(25)6(35-16)2-34-39(30,31)38-40(32,33)37-17-12(29)9(26)10(27)13(36-17)5(24)1-23/h3-6,8-13,16-17,23-29H,1-2H2,(H,30,31)(H,32,33)(H2,18,19,20)/t5-,6-,8-,9-,10-,11+,12-,13-,16-,17+/m0/s1. The average molecular weight is 619 g/mol. The fourth-order valence-corrected chi connectivity index (χ4v) is 6.17. The summed E-state index contributed by atoms with van der Waals surface area (Å²) in [5.41, 5.74) is 6.03. The highest BCUT2D eigenvalue weighted by Crippen LogP contribution is 2.61. The Kier molecular flexibility index (Phi) is 9.25. The molecule has 2 saturated heterocycles. The summed E-state index contributed by atoms with van der Waals surface area (Å²) < 4.78 is 49.6. The van der Waals surface area contributed by atoms with Gasteiger partial charge in [-0.2, -0.15) is 4.31 Å². The van der Waals surface area contributed by atoms with Crippen LogP contribution in [0.3, 0.4) is 0 Å². The fourth-order valence-electron chi connectivity index (χ4n) is 4.01. The van der Waals surface area contributed by atoms with Crippen LogP contribution in [0, 0.1) is 0 Å². The van der Waals surface area contributed by atoms with E-state index in [2.05, 4.69) is 28.3 Å². The van der Waals surface area contributed by atoms with E-state index in [4.69, 9.17) is 20.3 Å². The van der Waals surface area contributed by atoms with E-state index in [0.29, 0.717) is 0 Å². The number of phosphoric acid groups is 2. The van der Waals surface area contributed by atoms with Gasteiger partial charge in [-0.1, -0.05) is 0 Å². The van der Waals surface area contributed by atoms with E-state index in [1.807, 2.05) is 0 Å². The van der Waals surface area contributed by atoms with Crippen LogP contribution in [0.25, 0.3) is 11.2 Å². The number of fused-ring (bicyclic) bond motifs is 1. The first-order valence-corrected chi connectivity index (χ1v) is 14.3. The molecule has 0 spiro atoms. The number of aliphatic hydroxyl groups is 7. The van der Waals surface area contributed by atoms with Crippen molar-refractivity contribution < 1.29 is 77.5 Å². The summed E-state index contributed by atoms with van der Waals surface area (Å²) >= 11 is 0. The van der Waals surface area contributed by atoms with Gasteiger partial charge < -0.3 is 60.7 Å². The predicted octanol–water partition coefficient (Wildman–Crippen LogP) is -4.56. The maximum absolute atomic E-state index is 12.3. The van der Waals surface area contributed by atoms with Gasteiger partial charge in [-0.25, -0.2) is 24.1 Å². The molecular formula is C17H27N5O16P2. The van der Waals surface area contributed by atoms with Crippen molar-refractivity contribution in [1.82, 2.24) is 19.5 Å². The molecule has 2 aromatic heterocycles. The third-order valence-electron chi connectivity index (χ3n) is 6.02. The highest BCUT2D eigenvalue weighted by atomic mass is 31.3. The molecule has 2 aliphatic rings. The number of nitrogens with zero attached hydrogens (tertiary/aromatic N) is 4. The Balaban J connectivity index is 1.38. The number of aromatic nitrogens is 4. The Morgan fingerprint density at radius 2 is 1.68 bits per heavy atom. The Morgan fingerprint density at radius 1 is 0.975 bits per heavy atom. The van der Waals surface area contributed by atoms with Crippen LogP contribution < -0.4 is 5.73 Å². The highest BCUT2D eigenvalue weighted by molar-refractivity contribution is 7.61. The summed E-state index contributed by atoms with van der Waals surface area (Å²) in [5, 5.41) is 69.3. The topological polar surface area (TPSA) is 332 Å². The normalized spacial score (nSPS) is 36.8. The van der Waals surface area contributed by atoms with Gasteiger partial charge in [-0.15, -0.1) is 0 Å². The van der Waals surface area contributed by atoms with Gasteiger partial charge in [0.25, 0.3) is 0 Å². The maximum atomic E-state index is 12.3. The van der Waals surface area contributed by atoms with Crippen LogP contribution in [-0.4, -0.2) is 133 Å². The molecule has 0 radical (unpaired) electrons. The second kappa shape index (κ2) is 11.9. The van der Waals surface area contributed by atoms with Gasteiger partial charge in [-0.3, -0.25) is 13.6 Å². The minimum absolute atomic E-state index is 0.0302. The lowest BCUT2D eigenvalue weighted by atomic mass is 9.96. The Hall–Kier alpha value is -1.75. The van der Waals surface area contributed by atoms with Crippen molar-refractivity contribution in [3.63, 3.8) is 0 Å². The van der Waals surface area contributed by atoms with Crippen molar-refractivity contribution in [2.75, 3.05) is 18.9 Å². The molecule has 0 aromatic carbocycles. The molecule has 0 bridgehead atoms. The number of aliphatic hydroxyl groups excluding tert-OH is 7. The molecule has 12 atom stereocenters. The van der Waals surface area contributed by atoms with E-state index < -0.39 is 90.2 Å². The zero-order valence-electron chi connectivity index (χ0n) is 20.0. The number of hydrogen-bond donors (Lipinski definition) is 10. The summed E-state index contributed by atoms with van der Waals surface area (Å²) in [5.74, 6) is 0.0302. The van der Waals surface area contributed by atoms with E-state index in [1.165, 1.54) is 10.9 Å². The van der Waals surface area contributed by atoms with E-state index in [-0.39, 0.29) is 17.0 Å². The van der Waals surface area contributed by atoms with Crippen molar-refractivity contribution in [3.8, 4) is 0 Å². The minimum atomic E-state index is -5.65. The highest BCUT2D eigenvalue weighted by Gasteiger charge is 2.51. The van der Waals surface area contributed by atoms with Gasteiger partial charge in [0.05, 0.1) is 19.5 Å². The van der Waals surface area contributed by atoms with Crippen LogP contribution in [0.1, 0.15) is 6.23 Å². The summed E-state index contributed by atoms with van der Waals surface area (Å²) in [6.45, 7) is -1.95. The SMILES string of the molecule is Nc1ncnc2c1ncn2[C@H]1O[C@@H](COP(=O)(O)OP(=O)(O)O[C@H]2O[C@@H]([C@@H](O)CO)[C@@H](O)[C@H](O)[C@@H]2O)[C@H](O)[C@H]1O. The van der Waals surface area contributed by atoms with E-state index in [9.17, 15) is 49.6 Å². The van der Waals surface area contributed by atoms with Crippen LogP contribution in [0.4, 0.5) is 5.82 Å².